The Morgan fingerprint density at radius 2 is 1.79 bits per heavy atom. The molecule has 3 aliphatic rings. The highest BCUT2D eigenvalue weighted by atomic mass is 32.1. The summed E-state index contributed by atoms with van der Waals surface area (Å²) in [4.78, 5) is 36.3. The Hall–Kier alpha value is -2.89. The molecule has 0 atom stereocenters. The van der Waals surface area contributed by atoms with Crippen LogP contribution in [0.25, 0.3) is 0 Å². The Balaban J connectivity index is 1.36. The molecule has 1 saturated heterocycles. The van der Waals surface area contributed by atoms with Crippen LogP contribution in [0, 0.1) is 29.1 Å². The minimum atomic E-state index is -1.00. The van der Waals surface area contributed by atoms with E-state index in [0.717, 1.165) is 76.8 Å². The van der Waals surface area contributed by atoms with Gasteiger partial charge in [-0.1, -0.05) is 18.8 Å². The van der Waals surface area contributed by atoms with Crippen LogP contribution < -0.4 is 9.64 Å². The molecule has 0 spiro atoms. The number of carbonyl (C=O) groups excluding carboxylic acids is 1. The van der Waals surface area contributed by atoms with Gasteiger partial charge in [-0.25, -0.2) is 4.79 Å². The molecule has 0 unspecified atom stereocenters. The Bertz CT molecular complexity index is 1330. The molecule has 2 aromatic rings. The second-order valence-corrected chi connectivity index (χ2v) is 14.9. The maximum Gasteiger partial charge on any atom is 0.348 e. The van der Waals surface area contributed by atoms with Crippen LogP contribution in [0.3, 0.4) is 0 Å². The Kier molecular flexibility index (Phi) is 10.1. The van der Waals surface area contributed by atoms with Crippen molar-refractivity contribution in [2.75, 3.05) is 18.0 Å². The van der Waals surface area contributed by atoms with Crippen molar-refractivity contribution in [1.82, 2.24) is 9.88 Å². The minimum Gasteiger partial charge on any atom is -0.488 e. The molecule has 2 aromatic heterocycles. The van der Waals surface area contributed by atoms with Crippen molar-refractivity contribution < 1.29 is 19.4 Å². The van der Waals surface area contributed by atoms with E-state index >= 15 is 0 Å². The molecule has 1 N–H and O–H groups in total. The fourth-order valence-electron chi connectivity index (χ4n) is 6.65. The van der Waals surface area contributed by atoms with Gasteiger partial charge < -0.3 is 14.7 Å². The standard InChI is InChI=1S/C35H47N3O4S/c1-24-7-9-25(10-8-24)33(39)38(30-21-29(15-17-35(2,3)4)43-32(30)34(40)41)27-11-13-28(14-12-27)42-31-22-36-18-16-26(31)23-37-19-5-6-20-37/h16,18,21-22,24-25,27-28H,5-14,19-20,23H2,1-4H3,(H,40,41). The molecule has 8 heteroatoms. The fourth-order valence-corrected chi connectivity index (χ4v) is 7.49. The van der Waals surface area contributed by atoms with Gasteiger partial charge in [0.25, 0.3) is 0 Å². The van der Waals surface area contributed by atoms with E-state index in [1.807, 2.05) is 44.1 Å². The van der Waals surface area contributed by atoms with Crippen LogP contribution >= 0.6 is 11.3 Å². The number of amides is 1. The molecule has 5 rings (SSSR count). The molecule has 43 heavy (non-hydrogen) atoms. The molecule has 232 valence electrons. The van der Waals surface area contributed by atoms with Gasteiger partial charge in [-0.05, 0) is 116 Å². The molecule has 7 nitrogen and oxygen atoms in total. The van der Waals surface area contributed by atoms with Gasteiger partial charge in [-0.2, -0.15) is 0 Å². The van der Waals surface area contributed by atoms with Crippen molar-refractivity contribution in [3.8, 4) is 17.6 Å². The summed E-state index contributed by atoms with van der Waals surface area (Å²) in [5.41, 5.74) is 1.49. The number of ether oxygens (including phenoxy) is 1. The van der Waals surface area contributed by atoms with Gasteiger partial charge in [0.2, 0.25) is 5.91 Å². The normalized spacial score (nSPS) is 24.7. The Labute approximate surface area is 261 Å². The third-order valence-corrected chi connectivity index (χ3v) is 10.1. The van der Waals surface area contributed by atoms with Crippen LogP contribution in [0.2, 0.25) is 0 Å². The zero-order chi connectivity index (χ0) is 30.6. The molecule has 1 amide bonds. The second-order valence-electron chi connectivity index (χ2n) is 13.8. The van der Waals surface area contributed by atoms with E-state index in [1.54, 1.807) is 0 Å². The zero-order valence-corrected chi connectivity index (χ0v) is 27.0. The third kappa shape index (κ3) is 8.19. The van der Waals surface area contributed by atoms with Gasteiger partial charge in [-0.3, -0.25) is 14.7 Å². The number of aromatic carboxylic acids is 1. The summed E-state index contributed by atoms with van der Waals surface area (Å²) >= 11 is 1.18. The highest BCUT2D eigenvalue weighted by molar-refractivity contribution is 7.15. The molecule has 3 fully saturated rings. The maximum atomic E-state index is 14.2. The van der Waals surface area contributed by atoms with Crippen LogP contribution in [-0.2, 0) is 11.3 Å². The van der Waals surface area contributed by atoms with Crippen LogP contribution in [0.15, 0.2) is 24.5 Å². The highest BCUT2D eigenvalue weighted by Gasteiger charge is 2.38. The number of nitrogens with zero attached hydrogens (tertiary/aromatic N) is 3. The summed E-state index contributed by atoms with van der Waals surface area (Å²) in [5.74, 6) is 6.90. The van der Waals surface area contributed by atoms with Crippen molar-refractivity contribution >= 4 is 28.9 Å². The molecule has 0 aromatic carbocycles. The molecule has 0 bridgehead atoms. The lowest BCUT2D eigenvalue weighted by Gasteiger charge is -2.39. The second kappa shape index (κ2) is 13.8. The number of rotatable bonds is 8. The van der Waals surface area contributed by atoms with E-state index in [9.17, 15) is 14.7 Å². The number of likely N-dealkylation sites (tertiary alicyclic amines) is 1. The van der Waals surface area contributed by atoms with Gasteiger partial charge in [-0.15, -0.1) is 11.3 Å². The molecular formula is C35H47N3O4S. The number of thiophene rings is 1. The van der Waals surface area contributed by atoms with Crippen molar-refractivity contribution in [2.24, 2.45) is 17.3 Å². The molecule has 2 aliphatic carbocycles. The number of carbonyl (C=O) groups is 2. The minimum absolute atomic E-state index is 0.0416. The summed E-state index contributed by atoms with van der Waals surface area (Å²) < 4.78 is 6.55. The van der Waals surface area contributed by atoms with Gasteiger partial charge in [0.1, 0.15) is 10.6 Å². The van der Waals surface area contributed by atoms with Crippen molar-refractivity contribution in [3.05, 3.63) is 39.8 Å². The van der Waals surface area contributed by atoms with Crippen LogP contribution in [0.4, 0.5) is 5.69 Å². The monoisotopic (exact) mass is 605 g/mol. The van der Waals surface area contributed by atoms with E-state index in [1.165, 1.54) is 29.7 Å². The summed E-state index contributed by atoms with van der Waals surface area (Å²) in [6, 6.07) is 3.84. The van der Waals surface area contributed by atoms with E-state index in [4.69, 9.17) is 4.74 Å². The average Bonchev–Trinajstić information content (AvgIpc) is 3.64. The van der Waals surface area contributed by atoms with Crippen LogP contribution in [-0.4, -0.2) is 52.1 Å². The number of carboxylic acid groups (broad SMARTS) is 1. The van der Waals surface area contributed by atoms with E-state index in [2.05, 4.69) is 34.7 Å². The topological polar surface area (TPSA) is 83.0 Å². The number of pyridine rings is 1. The quantitative estimate of drug-likeness (QED) is 0.316. The summed E-state index contributed by atoms with van der Waals surface area (Å²) in [5, 5.41) is 10.2. The molecule has 0 radical (unpaired) electrons. The summed E-state index contributed by atoms with van der Waals surface area (Å²) in [6.07, 6.45) is 13.1. The van der Waals surface area contributed by atoms with E-state index in [0.29, 0.717) is 16.5 Å². The predicted octanol–water partition coefficient (Wildman–Crippen LogP) is 7.38. The first-order valence-electron chi connectivity index (χ1n) is 16.1. The summed E-state index contributed by atoms with van der Waals surface area (Å²) in [7, 11) is 0. The number of carboxylic acids is 1. The number of hydrogen-bond acceptors (Lipinski definition) is 6. The van der Waals surface area contributed by atoms with Gasteiger partial charge in [0, 0.05) is 35.7 Å². The largest absolute Gasteiger partial charge is 0.488 e. The lowest BCUT2D eigenvalue weighted by Crippen LogP contribution is -2.47. The van der Waals surface area contributed by atoms with E-state index < -0.39 is 5.97 Å². The Morgan fingerprint density at radius 3 is 2.44 bits per heavy atom. The number of hydrogen-bond donors (Lipinski definition) is 1. The smallest absolute Gasteiger partial charge is 0.348 e. The molecule has 2 saturated carbocycles. The van der Waals surface area contributed by atoms with Crippen LogP contribution in [0.1, 0.15) is 112 Å². The molecule has 3 heterocycles. The maximum absolute atomic E-state index is 14.2. The average molecular weight is 606 g/mol. The number of anilines is 1. The lowest BCUT2D eigenvalue weighted by atomic mass is 9.81. The molecule has 1 aliphatic heterocycles. The lowest BCUT2D eigenvalue weighted by molar-refractivity contribution is -0.124. The van der Waals surface area contributed by atoms with Gasteiger partial charge in [0.05, 0.1) is 22.9 Å². The third-order valence-electron chi connectivity index (χ3n) is 9.09. The van der Waals surface area contributed by atoms with Crippen LogP contribution in [0.5, 0.6) is 5.75 Å². The first-order chi connectivity index (χ1) is 20.6. The highest BCUT2D eigenvalue weighted by Crippen LogP contribution is 2.39. The Morgan fingerprint density at radius 1 is 1.09 bits per heavy atom. The first-order valence-corrected chi connectivity index (χ1v) is 16.9. The van der Waals surface area contributed by atoms with Crippen molar-refractivity contribution in [2.45, 2.75) is 111 Å². The molecular weight excluding hydrogens is 558 g/mol. The SMILES string of the molecule is CC1CCC(C(=O)N(c2cc(C#CC(C)(C)C)sc2C(=O)O)C2CCC(Oc3cnccc3CN3CCCC3)CC2)CC1. The van der Waals surface area contributed by atoms with Crippen molar-refractivity contribution in [3.63, 3.8) is 0 Å². The van der Waals surface area contributed by atoms with Gasteiger partial charge in [0.15, 0.2) is 0 Å². The summed E-state index contributed by atoms with van der Waals surface area (Å²) in [6.45, 7) is 11.5. The van der Waals surface area contributed by atoms with E-state index in [-0.39, 0.29) is 34.3 Å². The van der Waals surface area contributed by atoms with Gasteiger partial charge >= 0.3 is 5.97 Å². The first kappa shape index (κ1) is 31.5. The fraction of sp³-hybridized carbons (Fsp3) is 0.629. The predicted molar refractivity (Wildman–Crippen MR) is 172 cm³/mol. The number of aromatic nitrogens is 1. The zero-order valence-electron chi connectivity index (χ0n) is 26.2. The van der Waals surface area contributed by atoms with Crippen molar-refractivity contribution in [1.29, 1.82) is 0 Å².